The van der Waals surface area contributed by atoms with Gasteiger partial charge in [0.05, 0.1) is 18.3 Å². The summed E-state index contributed by atoms with van der Waals surface area (Å²) in [4.78, 5) is 15.6. The Morgan fingerprint density at radius 2 is 1.67 bits per heavy atom. The molecule has 1 fully saturated rings. The zero-order valence-corrected chi connectivity index (χ0v) is 18.7. The van der Waals surface area contributed by atoms with Gasteiger partial charge in [-0.2, -0.15) is 5.10 Å². The van der Waals surface area contributed by atoms with Crippen LogP contribution < -0.4 is 0 Å². The molecule has 2 aliphatic rings. The van der Waals surface area contributed by atoms with Gasteiger partial charge in [0.15, 0.2) is 0 Å². The first-order chi connectivity index (χ1) is 14.4. The van der Waals surface area contributed by atoms with Crippen LogP contribution in [0.4, 0.5) is 0 Å². The van der Waals surface area contributed by atoms with Gasteiger partial charge in [0, 0.05) is 12.0 Å². The summed E-state index contributed by atoms with van der Waals surface area (Å²) >= 11 is 0. The van der Waals surface area contributed by atoms with Crippen molar-refractivity contribution in [3.8, 4) is 0 Å². The Morgan fingerprint density at radius 1 is 1.00 bits per heavy atom. The third kappa shape index (κ3) is 4.49. The molecule has 0 aliphatic carbocycles. The van der Waals surface area contributed by atoms with Crippen molar-refractivity contribution in [2.45, 2.75) is 53.0 Å². The van der Waals surface area contributed by atoms with Crippen LogP contribution in [0.15, 0.2) is 47.6 Å². The maximum absolute atomic E-state index is 13.4. The summed E-state index contributed by atoms with van der Waals surface area (Å²) in [7, 11) is 0. The molecule has 2 heterocycles. The SMILES string of the molecule is Cc1ccc(C2CC(c3cc(C)ccc3C)=NN2C(=O)CN2CCC(C)CC2)cc1. The number of likely N-dealkylation sites (tertiary alicyclic amines) is 1. The lowest BCUT2D eigenvalue weighted by molar-refractivity contribution is -0.134. The summed E-state index contributed by atoms with van der Waals surface area (Å²) in [6, 6.07) is 15.0. The van der Waals surface area contributed by atoms with Crippen LogP contribution in [0.1, 0.15) is 60.0 Å². The van der Waals surface area contributed by atoms with Crippen LogP contribution in [-0.2, 0) is 4.79 Å². The van der Waals surface area contributed by atoms with Crippen molar-refractivity contribution < 1.29 is 4.79 Å². The number of piperidine rings is 1. The van der Waals surface area contributed by atoms with Crippen molar-refractivity contribution >= 4 is 11.6 Å². The normalized spacial score (nSPS) is 20.5. The van der Waals surface area contributed by atoms with Gasteiger partial charge in [-0.15, -0.1) is 0 Å². The maximum atomic E-state index is 13.4. The first-order valence-corrected chi connectivity index (χ1v) is 11.2. The third-order valence-corrected chi connectivity index (χ3v) is 6.57. The van der Waals surface area contributed by atoms with Gasteiger partial charge < -0.3 is 0 Å². The van der Waals surface area contributed by atoms with Crippen molar-refractivity contribution in [3.63, 3.8) is 0 Å². The molecule has 2 aromatic carbocycles. The smallest absolute Gasteiger partial charge is 0.257 e. The molecule has 0 saturated carbocycles. The van der Waals surface area contributed by atoms with Crippen LogP contribution in [0.5, 0.6) is 0 Å². The summed E-state index contributed by atoms with van der Waals surface area (Å²) in [5.41, 5.74) is 6.99. The molecule has 1 unspecified atom stereocenters. The van der Waals surface area contributed by atoms with E-state index in [1.54, 1.807) is 5.01 Å². The molecule has 4 nitrogen and oxygen atoms in total. The van der Waals surface area contributed by atoms with E-state index >= 15 is 0 Å². The lowest BCUT2D eigenvalue weighted by atomic mass is 9.94. The lowest BCUT2D eigenvalue weighted by Crippen LogP contribution is -2.41. The molecule has 2 aromatic rings. The minimum absolute atomic E-state index is 0.0308. The van der Waals surface area contributed by atoms with Crippen molar-refractivity contribution in [1.82, 2.24) is 9.91 Å². The molecule has 0 spiro atoms. The zero-order valence-electron chi connectivity index (χ0n) is 18.7. The van der Waals surface area contributed by atoms with Crippen molar-refractivity contribution in [2.75, 3.05) is 19.6 Å². The molecule has 4 rings (SSSR count). The Hall–Kier alpha value is -2.46. The predicted octanol–water partition coefficient (Wildman–Crippen LogP) is 5.02. The van der Waals surface area contributed by atoms with Gasteiger partial charge in [0.2, 0.25) is 0 Å². The number of benzene rings is 2. The largest absolute Gasteiger partial charge is 0.294 e. The van der Waals surface area contributed by atoms with Crippen LogP contribution in [0.25, 0.3) is 0 Å². The van der Waals surface area contributed by atoms with E-state index < -0.39 is 0 Å². The molecular weight excluding hydrogens is 370 g/mol. The Bertz CT molecular complexity index is 939. The van der Waals surface area contributed by atoms with Crippen LogP contribution in [0, 0.1) is 26.7 Å². The first kappa shape index (κ1) is 20.8. The Kier molecular flexibility index (Phi) is 6.05. The van der Waals surface area contributed by atoms with Crippen LogP contribution in [0.2, 0.25) is 0 Å². The summed E-state index contributed by atoms with van der Waals surface area (Å²) in [6.45, 7) is 11.1. The zero-order chi connectivity index (χ0) is 21.3. The topological polar surface area (TPSA) is 35.9 Å². The van der Waals surface area contributed by atoms with E-state index in [0.29, 0.717) is 6.54 Å². The second kappa shape index (κ2) is 8.73. The molecule has 4 heteroatoms. The number of amides is 1. The molecule has 1 atom stereocenters. The number of nitrogens with zero attached hydrogens (tertiary/aromatic N) is 3. The Morgan fingerprint density at radius 3 is 2.37 bits per heavy atom. The minimum atomic E-state index is -0.0308. The van der Waals surface area contributed by atoms with Crippen molar-refractivity contribution in [3.05, 3.63) is 70.3 Å². The summed E-state index contributed by atoms with van der Waals surface area (Å²) < 4.78 is 0. The van der Waals surface area contributed by atoms with Gasteiger partial charge >= 0.3 is 0 Å². The van der Waals surface area contributed by atoms with Gasteiger partial charge in [0.25, 0.3) is 5.91 Å². The van der Waals surface area contributed by atoms with Crippen molar-refractivity contribution in [1.29, 1.82) is 0 Å². The van der Waals surface area contributed by atoms with Crippen LogP contribution >= 0.6 is 0 Å². The molecule has 30 heavy (non-hydrogen) atoms. The van der Waals surface area contributed by atoms with Gasteiger partial charge in [-0.1, -0.05) is 54.4 Å². The third-order valence-electron chi connectivity index (χ3n) is 6.57. The average Bonchev–Trinajstić information content (AvgIpc) is 3.17. The van der Waals surface area contributed by atoms with E-state index in [4.69, 9.17) is 5.10 Å². The fraction of sp³-hybridized carbons (Fsp3) is 0.462. The Labute approximate surface area is 180 Å². The molecule has 0 N–H and O–H groups in total. The molecule has 0 aromatic heterocycles. The second-order valence-electron chi connectivity index (χ2n) is 9.19. The van der Waals surface area contributed by atoms with Crippen LogP contribution in [-0.4, -0.2) is 41.2 Å². The van der Waals surface area contributed by atoms with Crippen molar-refractivity contribution in [2.24, 2.45) is 11.0 Å². The Balaban J connectivity index is 1.61. The highest BCUT2D eigenvalue weighted by Crippen LogP contribution is 2.34. The minimum Gasteiger partial charge on any atom is -0.294 e. The van der Waals surface area contributed by atoms with E-state index in [-0.39, 0.29) is 11.9 Å². The quantitative estimate of drug-likeness (QED) is 0.718. The standard InChI is InChI=1S/C26H33N3O/c1-18-6-9-22(10-7-18)25-16-24(23-15-20(3)5-8-21(23)4)27-29(25)26(30)17-28-13-11-19(2)12-14-28/h5-10,15,19,25H,11-14,16-17H2,1-4H3. The number of aryl methyl sites for hydroxylation is 3. The number of hydrogen-bond acceptors (Lipinski definition) is 3. The number of hydrazone groups is 1. The number of hydrogen-bond donors (Lipinski definition) is 0. The fourth-order valence-corrected chi connectivity index (χ4v) is 4.48. The lowest BCUT2D eigenvalue weighted by Gasteiger charge is -2.31. The molecule has 1 amide bonds. The molecule has 0 bridgehead atoms. The summed E-state index contributed by atoms with van der Waals surface area (Å²) in [6.07, 6.45) is 3.10. The highest BCUT2D eigenvalue weighted by Gasteiger charge is 2.34. The van der Waals surface area contributed by atoms with E-state index in [2.05, 4.69) is 75.1 Å². The molecule has 2 aliphatic heterocycles. The van der Waals surface area contributed by atoms with E-state index in [0.717, 1.165) is 42.3 Å². The highest BCUT2D eigenvalue weighted by atomic mass is 16.2. The van der Waals surface area contributed by atoms with E-state index in [1.165, 1.54) is 29.5 Å². The number of carbonyl (C=O) groups is 1. The van der Waals surface area contributed by atoms with Gasteiger partial charge in [-0.05, 0) is 69.8 Å². The monoisotopic (exact) mass is 403 g/mol. The second-order valence-corrected chi connectivity index (χ2v) is 9.19. The molecular formula is C26H33N3O. The predicted molar refractivity (Wildman–Crippen MR) is 123 cm³/mol. The first-order valence-electron chi connectivity index (χ1n) is 11.2. The molecule has 1 saturated heterocycles. The maximum Gasteiger partial charge on any atom is 0.257 e. The van der Waals surface area contributed by atoms with Gasteiger partial charge in [-0.3, -0.25) is 9.69 Å². The number of rotatable bonds is 4. The fourth-order valence-electron chi connectivity index (χ4n) is 4.48. The van der Waals surface area contributed by atoms with E-state index in [9.17, 15) is 4.79 Å². The van der Waals surface area contributed by atoms with E-state index in [1.807, 2.05) is 0 Å². The summed E-state index contributed by atoms with van der Waals surface area (Å²) in [5.74, 6) is 0.868. The molecule has 0 radical (unpaired) electrons. The molecule has 158 valence electrons. The van der Waals surface area contributed by atoms with Crippen LogP contribution in [0.3, 0.4) is 0 Å². The van der Waals surface area contributed by atoms with Gasteiger partial charge in [0.1, 0.15) is 0 Å². The summed E-state index contributed by atoms with van der Waals surface area (Å²) in [5, 5.41) is 6.66. The number of carbonyl (C=O) groups excluding carboxylic acids is 1. The highest BCUT2D eigenvalue weighted by molar-refractivity contribution is 6.04. The van der Waals surface area contributed by atoms with Gasteiger partial charge in [-0.25, -0.2) is 5.01 Å². The average molecular weight is 404 g/mol.